The molecule has 0 spiro atoms. The summed E-state index contributed by atoms with van der Waals surface area (Å²) < 4.78 is 1.17. The summed E-state index contributed by atoms with van der Waals surface area (Å²) in [6.07, 6.45) is 5.48. The first-order valence-electron chi connectivity index (χ1n) is 4.66. The summed E-state index contributed by atoms with van der Waals surface area (Å²) in [6.45, 7) is 1.95. The number of rotatable bonds is 3. The lowest BCUT2D eigenvalue weighted by atomic mass is 10.3. The first kappa shape index (κ1) is 9.86. The van der Waals surface area contributed by atoms with E-state index in [2.05, 4.69) is 15.5 Å². The molecule has 0 unspecified atom stereocenters. The lowest BCUT2D eigenvalue weighted by molar-refractivity contribution is 1.31. The molecule has 0 aliphatic carbocycles. The minimum atomic E-state index is 0.817. The Morgan fingerprint density at radius 3 is 3.07 bits per heavy atom. The molecule has 2 aromatic rings. The first-order chi connectivity index (χ1) is 7.40. The van der Waals surface area contributed by atoms with Crippen LogP contribution in [0, 0.1) is 0 Å². The lowest BCUT2D eigenvalue weighted by Crippen LogP contribution is -1.85. The number of aromatic nitrogens is 1. The van der Waals surface area contributed by atoms with E-state index < -0.39 is 0 Å². The molecule has 15 heavy (non-hydrogen) atoms. The van der Waals surface area contributed by atoms with Crippen molar-refractivity contribution in [3.8, 4) is 0 Å². The molecule has 1 heterocycles. The van der Waals surface area contributed by atoms with Crippen molar-refractivity contribution in [1.82, 2.24) is 4.98 Å². The van der Waals surface area contributed by atoms with Gasteiger partial charge in [0.2, 0.25) is 5.13 Å². The van der Waals surface area contributed by atoms with Gasteiger partial charge in [0.05, 0.1) is 10.2 Å². The summed E-state index contributed by atoms with van der Waals surface area (Å²) in [5.41, 5.74) is 3.90. The average molecular weight is 217 g/mol. The van der Waals surface area contributed by atoms with Crippen LogP contribution >= 0.6 is 11.3 Å². The van der Waals surface area contributed by atoms with E-state index in [9.17, 15) is 0 Å². The predicted molar refractivity (Wildman–Crippen MR) is 66.5 cm³/mol. The first-order valence-corrected chi connectivity index (χ1v) is 5.48. The van der Waals surface area contributed by atoms with Crippen LogP contribution in [0.2, 0.25) is 0 Å². The van der Waals surface area contributed by atoms with E-state index in [1.54, 1.807) is 17.6 Å². The highest BCUT2D eigenvalue weighted by atomic mass is 32.1. The molecule has 0 radical (unpaired) electrons. The fraction of sp³-hybridized carbons (Fsp3) is 0.0909. The van der Waals surface area contributed by atoms with Crippen molar-refractivity contribution in [2.45, 2.75) is 6.92 Å². The number of allylic oxidation sites excluding steroid dienone is 2. The van der Waals surface area contributed by atoms with E-state index in [1.165, 1.54) is 4.70 Å². The molecule has 2 rings (SSSR count). The van der Waals surface area contributed by atoms with E-state index in [0.29, 0.717) is 0 Å². The Bertz CT molecular complexity index is 466. The standard InChI is InChI=1S/C11H11N3S/c1-2-3-8-12-14-11-13-9-6-4-5-7-10(9)15-11/h2-8H,1H3,(H,13,14)/b3-2+,12-8-. The molecule has 0 aliphatic heterocycles. The van der Waals surface area contributed by atoms with Gasteiger partial charge < -0.3 is 0 Å². The van der Waals surface area contributed by atoms with Crippen molar-refractivity contribution in [2.24, 2.45) is 5.10 Å². The van der Waals surface area contributed by atoms with Crippen LogP contribution < -0.4 is 5.43 Å². The number of hydrogen-bond acceptors (Lipinski definition) is 4. The van der Waals surface area contributed by atoms with E-state index in [1.807, 2.05) is 43.3 Å². The number of hydrogen-bond donors (Lipinski definition) is 1. The van der Waals surface area contributed by atoms with Crippen molar-refractivity contribution in [3.63, 3.8) is 0 Å². The molecule has 0 aliphatic rings. The molecule has 4 heteroatoms. The van der Waals surface area contributed by atoms with Gasteiger partial charge in [-0.2, -0.15) is 5.10 Å². The number of benzene rings is 1. The van der Waals surface area contributed by atoms with Gasteiger partial charge in [0.25, 0.3) is 0 Å². The minimum absolute atomic E-state index is 0.817. The Labute approximate surface area is 92.2 Å². The zero-order valence-corrected chi connectivity index (χ0v) is 9.16. The lowest BCUT2D eigenvalue weighted by Gasteiger charge is -1.88. The van der Waals surface area contributed by atoms with Crippen molar-refractivity contribution in [2.75, 3.05) is 5.43 Å². The van der Waals surface area contributed by atoms with Crippen molar-refractivity contribution < 1.29 is 0 Å². The molecule has 3 nitrogen and oxygen atoms in total. The van der Waals surface area contributed by atoms with Crippen LogP contribution in [-0.4, -0.2) is 11.2 Å². The third kappa shape index (κ3) is 2.41. The van der Waals surface area contributed by atoms with Gasteiger partial charge in [0.1, 0.15) is 0 Å². The SMILES string of the molecule is C/C=C/C=N\Nc1nc2ccccc2s1. The van der Waals surface area contributed by atoms with Gasteiger partial charge in [0, 0.05) is 6.21 Å². The van der Waals surface area contributed by atoms with Crippen molar-refractivity contribution >= 4 is 32.9 Å². The predicted octanol–water partition coefficient (Wildman–Crippen LogP) is 3.27. The number of nitrogens with zero attached hydrogens (tertiary/aromatic N) is 2. The Kier molecular flexibility index (Phi) is 3.09. The van der Waals surface area contributed by atoms with Crippen LogP contribution in [0.3, 0.4) is 0 Å². The van der Waals surface area contributed by atoms with Crippen LogP contribution in [0.25, 0.3) is 10.2 Å². The quantitative estimate of drug-likeness (QED) is 0.633. The van der Waals surface area contributed by atoms with Gasteiger partial charge in [-0.05, 0) is 25.1 Å². The fourth-order valence-corrected chi connectivity index (χ4v) is 1.96. The summed E-state index contributed by atoms with van der Waals surface area (Å²) in [5.74, 6) is 0. The molecule has 0 saturated heterocycles. The number of nitrogens with one attached hydrogen (secondary N) is 1. The number of fused-ring (bicyclic) bond motifs is 1. The number of anilines is 1. The Morgan fingerprint density at radius 2 is 2.27 bits per heavy atom. The molecule has 1 aromatic carbocycles. The van der Waals surface area contributed by atoms with Gasteiger partial charge in [-0.3, -0.25) is 5.43 Å². The van der Waals surface area contributed by atoms with E-state index in [4.69, 9.17) is 0 Å². The van der Waals surface area contributed by atoms with Crippen LogP contribution in [-0.2, 0) is 0 Å². The van der Waals surface area contributed by atoms with Gasteiger partial charge in [-0.1, -0.05) is 29.5 Å². The second-order valence-electron chi connectivity index (χ2n) is 2.90. The second kappa shape index (κ2) is 4.70. The van der Waals surface area contributed by atoms with Crippen LogP contribution in [0.15, 0.2) is 41.5 Å². The summed E-state index contributed by atoms with van der Waals surface area (Å²) in [7, 11) is 0. The monoisotopic (exact) mass is 217 g/mol. The van der Waals surface area contributed by atoms with Crippen LogP contribution in [0.5, 0.6) is 0 Å². The fourth-order valence-electron chi connectivity index (χ4n) is 1.14. The smallest absolute Gasteiger partial charge is 0.204 e. The van der Waals surface area contributed by atoms with Crippen molar-refractivity contribution in [1.29, 1.82) is 0 Å². The number of para-hydroxylation sites is 1. The van der Waals surface area contributed by atoms with Gasteiger partial charge in [0.15, 0.2) is 0 Å². The van der Waals surface area contributed by atoms with Crippen LogP contribution in [0.4, 0.5) is 5.13 Å². The molecule has 0 fully saturated rings. The maximum atomic E-state index is 4.38. The molecular weight excluding hydrogens is 206 g/mol. The van der Waals surface area contributed by atoms with E-state index >= 15 is 0 Å². The minimum Gasteiger partial charge on any atom is -0.253 e. The molecular formula is C11H11N3S. The van der Waals surface area contributed by atoms with Gasteiger partial charge in [-0.25, -0.2) is 4.98 Å². The van der Waals surface area contributed by atoms with E-state index in [-0.39, 0.29) is 0 Å². The van der Waals surface area contributed by atoms with Gasteiger partial charge in [-0.15, -0.1) is 0 Å². The zero-order chi connectivity index (χ0) is 10.5. The number of hydrazone groups is 1. The summed E-state index contributed by atoms with van der Waals surface area (Å²) in [6, 6.07) is 8.03. The van der Waals surface area contributed by atoms with Crippen molar-refractivity contribution in [3.05, 3.63) is 36.4 Å². The maximum Gasteiger partial charge on any atom is 0.204 e. The molecule has 0 bridgehead atoms. The Balaban J connectivity index is 2.15. The Hall–Kier alpha value is -1.68. The second-order valence-corrected chi connectivity index (χ2v) is 3.93. The molecule has 0 amide bonds. The van der Waals surface area contributed by atoms with E-state index in [0.717, 1.165) is 10.6 Å². The third-order valence-electron chi connectivity index (χ3n) is 1.81. The Morgan fingerprint density at radius 1 is 1.40 bits per heavy atom. The molecule has 0 atom stereocenters. The number of thiazole rings is 1. The molecule has 1 aromatic heterocycles. The largest absolute Gasteiger partial charge is 0.253 e. The summed E-state index contributed by atoms with van der Waals surface area (Å²) in [4.78, 5) is 4.38. The zero-order valence-electron chi connectivity index (χ0n) is 8.34. The molecule has 1 N–H and O–H groups in total. The molecule has 0 saturated carbocycles. The maximum absolute atomic E-state index is 4.38. The third-order valence-corrected chi connectivity index (χ3v) is 2.75. The summed E-state index contributed by atoms with van der Waals surface area (Å²) in [5, 5.41) is 4.83. The average Bonchev–Trinajstić information content (AvgIpc) is 2.67. The molecule has 76 valence electrons. The highest BCUT2D eigenvalue weighted by Gasteiger charge is 1.99. The topological polar surface area (TPSA) is 37.3 Å². The normalized spacial score (nSPS) is 11.8. The highest BCUT2D eigenvalue weighted by Crippen LogP contribution is 2.24. The van der Waals surface area contributed by atoms with Gasteiger partial charge >= 0.3 is 0 Å². The van der Waals surface area contributed by atoms with Crippen LogP contribution in [0.1, 0.15) is 6.92 Å². The highest BCUT2D eigenvalue weighted by molar-refractivity contribution is 7.22. The summed E-state index contributed by atoms with van der Waals surface area (Å²) >= 11 is 1.60.